The molecular weight excluding hydrogens is 412 g/mol. The highest BCUT2D eigenvalue weighted by molar-refractivity contribution is 7.98. The summed E-state index contributed by atoms with van der Waals surface area (Å²) in [5.41, 5.74) is 1.47. The number of carbonyl (C=O) groups excluding carboxylic acids is 1. The molecular formula is C19H18N4O4S2. The van der Waals surface area contributed by atoms with E-state index in [-0.39, 0.29) is 11.3 Å². The quantitative estimate of drug-likeness (QED) is 0.371. The molecule has 1 N–H and O–H groups in total. The van der Waals surface area contributed by atoms with Gasteiger partial charge in [0.25, 0.3) is 11.6 Å². The highest BCUT2D eigenvalue weighted by Crippen LogP contribution is 2.33. The van der Waals surface area contributed by atoms with Gasteiger partial charge < -0.3 is 9.64 Å². The van der Waals surface area contributed by atoms with Crippen molar-refractivity contribution in [3.8, 4) is 0 Å². The number of nitro groups is 1. The third kappa shape index (κ3) is 4.04. The van der Waals surface area contributed by atoms with Gasteiger partial charge in [-0.15, -0.1) is 11.8 Å². The van der Waals surface area contributed by atoms with Crippen molar-refractivity contribution in [1.82, 2.24) is 4.98 Å². The molecule has 8 nitrogen and oxygen atoms in total. The van der Waals surface area contributed by atoms with Crippen molar-refractivity contribution in [1.29, 1.82) is 0 Å². The largest absolute Gasteiger partial charge is 0.378 e. The van der Waals surface area contributed by atoms with Gasteiger partial charge in [-0.1, -0.05) is 17.4 Å². The molecule has 0 bridgehead atoms. The van der Waals surface area contributed by atoms with Crippen LogP contribution < -0.4 is 10.2 Å². The smallest absolute Gasteiger partial charge is 0.293 e. The number of fused-ring (bicyclic) bond motifs is 1. The lowest BCUT2D eigenvalue weighted by Gasteiger charge is -2.28. The van der Waals surface area contributed by atoms with Crippen LogP contribution in [-0.4, -0.2) is 48.4 Å². The number of para-hydroxylation sites is 1. The second kappa shape index (κ2) is 8.36. The number of ether oxygens (including phenoxy) is 1. The minimum atomic E-state index is -0.454. The molecule has 0 radical (unpaired) electrons. The summed E-state index contributed by atoms with van der Waals surface area (Å²) < 4.78 is 6.28. The molecule has 0 aliphatic carbocycles. The van der Waals surface area contributed by atoms with E-state index in [4.69, 9.17) is 4.74 Å². The molecule has 29 heavy (non-hydrogen) atoms. The normalized spacial score (nSPS) is 14.2. The number of aromatic nitrogens is 1. The van der Waals surface area contributed by atoms with Crippen LogP contribution in [0.25, 0.3) is 10.2 Å². The van der Waals surface area contributed by atoms with Crippen LogP contribution in [0.4, 0.5) is 16.5 Å². The third-order valence-corrected chi connectivity index (χ3v) is 6.31. The molecule has 1 aliphatic heterocycles. The number of hydrogen-bond acceptors (Lipinski definition) is 8. The maximum absolute atomic E-state index is 12.7. The van der Waals surface area contributed by atoms with Gasteiger partial charge in [0.1, 0.15) is 5.69 Å². The Bertz CT molecular complexity index is 1080. The van der Waals surface area contributed by atoms with Crippen LogP contribution in [0.2, 0.25) is 0 Å². The second-order valence-electron chi connectivity index (χ2n) is 6.34. The fourth-order valence-electron chi connectivity index (χ4n) is 3.19. The van der Waals surface area contributed by atoms with Gasteiger partial charge >= 0.3 is 0 Å². The summed E-state index contributed by atoms with van der Waals surface area (Å²) in [5.74, 6) is -0.425. The monoisotopic (exact) mass is 430 g/mol. The summed E-state index contributed by atoms with van der Waals surface area (Å²) in [6, 6.07) is 10.4. The first-order chi connectivity index (χ1) is 14.1. The standard InChI is InChI=1S/C19H18N4O4S2/c1-28-15-3-2-4-16-17(15)20-19(29-16)21-18(24)12-5-6-13(14(11-12)23(25)26)22-7-9-27-10-8-22/h2-6,11H,7-10H2,1H3,(H,20,21,24). The highest BCUT2D eigenvalue weighted by atomic mass is 32.2. The Morgan fingerprint density at radius 2 is 2.10 bits per heavy atom. The minimum Gasteiger partial charge on any atom is -0.378 e. The van der Waals surface area contributed by atoms with Crippen LogP contribution >= 0.6 is 23.1 Å². The van der Waals surface area contributed by atoms with Gasteiger partial charge in [0.15, 0.2) is 5.13 Å². The molecule has 150 valence electrons. The van der Waals surface area contributed by atoms with Gasteiger partial charge in [0.2, 0.25) is 0 Å². The molecule has 10 heteroatoms. The molecule has 1 saturated heterocycles. The highest BCUT2D eigenvalue weighted by Gasteiger charge is 2.23. The first kappa shape index (κ1) is 19.6. The van der Waals surface area contributed by atoms with Crippen LogP contribution in [-0.2, 0) is 4.74 Å². The lowest BCUT2D eigenvalue weighted by molar-refractivity contribution is -0.384. The zero-order valence-electron chi connectivity index (χ0n) is 15.6. The topological polar surface area (TPSA) is 97.6 Å². The lowest BCUT2D eigenvalue weighted by atomic mass is 10.1. The fourth-order valence-corrected chi connectivity index (χ4v) is 4.71. The van der Waals surface area contributed by atoms with Crippen molar-refractivity contribution >= 4 is 55.7 Å². The Morgan fingerprint density at radius 3 is 2.83 bits per heavy atom. The minimum absolute atomic E-state index is 0.0893. The maximum Gasteiger partial charge on any atom is 0.293 e. The van der Waals surface area contributed by atoms with E-state index in [0.29, 0.717) is 37.1 Å². The summed E-state index contributed by atoms with van der Waals surface area (Å²) in [6.45, 7) is 2.20. The number of anilines is 2. The van der Waals surface area contributed by atoms with Gasteiger partial charge in [-0.3, -0.25) is 20.2 Å². The number of morpholine rings is 1. The summed E-state index contributed by atoms with van der Waals surface area (Å²) in [7, 11) is 0. The molecule has 1 amide bonds. The number of thiazole rings is 1. The van der Waals surface area contributed by atoms with Crippen LogP contribution in [0.1, 0.15) is 10.4 Å². The average Bonchev–Trinajstić information content (AvgIpc) is 3.16. The van der Waals surface area contributed by atoms with Crippen molar-refractivity contribution in [2.75, 3.05) is 42.8 Å². The van der Waals surface area contributed by atoms with Crippen LogP contribution in [0.15, 0.2) is 41.3 Å². The molecule has 0 atom stereocenters. The van der Waals surface area contributed by atoms with E-state index in [9.17, 15) is 14.9 Å². The first-order valence-corrected chi connectivity index (χ1v) is 11.0. The van der Waals surface area contributed by atoms with E-state index in [1.54, 1.807) is 23.9 Å². The SMILES string of the molecule is CSc1cccc2sc(NC(=O)c3ccc(N4CCOCC4)c([N+](=O)[O-])c3)nc12. The second-order valence-corrected chi connectivity index (χ2v) is 8.22. The third-order valence-electron chi connectivity index (χ3n) is 4.61. The van der Waals surface area contributed by atoms with E-state index in [1.165, 1.54) is 17.4 Å². The van der Waals surface area contributed by atoms with E-state index in [1.807, 2.05) is 29.4 Å². The lowest BCUT2D eigenvalue weighted by Crippen LogP contribution is -2.36. The van der Waals surface area contributed by atoms with Crippen LogP contribution in [0.3, 0.4) is 0 Å². The van der Waals surface area contributed by atoms with E-state index in [2.05, 4.69) is 10.3 Å². The number of amides is 1. The first-order valence-electron chi connectivity index (χ1n) is 8.93. The van der Waals surface area contributed by atoms with E-state index >= 15 is 0 Å². The number of thioether (sulfide) groups is 1. The Hall–Kier alpha value is -2.69. The molecule has 1 aromatic heterocycles. The van der Waals surface area contributed by atoms with Gasteiger partial charge in [-0.05, 0) is 30.5 Å². The van der Waals surface area contributed by atoms with Gasteiger partial charge in [0.05, 0.1) is 28.4 Å². The Kier molecular flexibility index (Phi) is 5.65. The zero-order chi connectivity index (χ0) is 20.4. The van der Waals surface area contributed by atoms with Gasteiger partial charge in [-0.2, -0.15) is 0 Å². The average molecular weight is 431 g/mol. The molecule has 2 aromatic carbocycles. The molecule has 1 aliphatic rings. The number of nitrogens with one attached hydrogen (secondary N) is 1. The molecule has 1 fully saturated rings. The van der Waals surface area contributed by atoms with Crippen molar-refractivity contribution in [3.63, 3.8) is 0 Å². The summed E-state index contributed by atoms with van der Waals surface area (Å²) in [4.78, 5) is 31.3. The van der Waals surface area contributed by atoms with Gasteiger partial charge in [-0.25, -0.2) is 4.98 Å². The number of hydrogen-bond donors (Lipinski definition) is 1. The predicted octanol–water partition coefficient (Wildman–Crippen LogP) is 4.02. The zero-order valence-corrected chi connectivity index (χ0v) is 17.2. The number of nitrogens with zero attached hydrogens (tertiary/aromatic N) is 3. The summed E-state index contributed by atoms with van der Waals surface area (Å²) in [5, 5.41) is 14.8. The van der Waals surface area contributed by atoms with Crippen LogP contribution in [0, 0.1) is 10.1 Å². The number of nitro benzene ring substituents is 1. The van der Waals surface area contributed by atoms with E-state index < -0.39 is 10.8 Å². The predicted molar refractivity (Wildman–Crippen MR) is 115 cm³/mol. The maximum atomic E-state index is 12.7. The van der Waals surface area contributed by atoms with Crippen molar-refractivity contribution < 1.29 is 14.5 Å². The molecule has 0 saturated carbocycles. The molecule has 2 heterocycles. The van der Waals surface area contributed by atoms with Crippen LogP contribution in [0.5, 0.6) is 0 Å². The molecule has 3 aromatic rings. The Labute approximate surface area is 175 Å². The molecule has 0 unspecified atom stereocenters. The Morgan fingerprint density at radius 1 is 1.31 bits per heavy atom. The summed E-state index contributed by atoms with van der Waals surface area (Å²) in [6.07, 6.45) is 1.97. The Balaban J connectivity index is 1.60. The van der Waals surface area contributed by atoms with E-state index in [0.717, 1.165) is 15.1 Å². The van der Waals surface area contributed by atoms with Crippen molar-refractivity contribution in [2.24, 2.45) is 0 Å². The van der Waals surface area contributed by atoms with Crippen molar-refractivity contribution in [3.05, 3.63) is 52.1 Å². The molecule has 0 spiro atoms. The van der Waals surface area contributed by atoms with Crippen molar-refractivity contribution in [2.45, 2.75) is 4.90 Å². The number of benzene rings is 2. The number of rotatable bonds is 5. The fraction of sp³-hybridized carbons (Fsp3) is 0.263. The summed E-state index contributed by atoms with van der Waals surface area (Å²) >= 11 is 2.96. The number of carbonyl (C=O) groups is 1. The van der Waals surface area contributed by atoms with Gasteiger partial charge in [0, 0.05) is 29.6 Å². The molecule has 4 rings (SSSR count).